The third-order valence-electron chi connectivity index (χ3n) is 3.33. The number of imidazole rings is 1. The number of benzene rings is 1. The molecule has 0 fully saturated rings. The van der Waals surface area contributed by atoms with E-state index >= 15 is 0 Å². The van der Waals surface area contributed by atoms with Gasteiger partial charge in [-0.3, -0.25) is 8.58 Å². The number of halogens is 4. The van der Waals surface area contributed by atoms with Gasteiger partial charge in [0.05, 0.1) is 15.6 Å². The molecule has 0 aliphatic heterocycles. The summed E-state index contributed by atoms with van der Waals surface area (Å²) in [4.78, 5) is 3.35. The fourth-order valence-electron chi connectivity index (χ4n) is 2.22. The molecule has 0 aliphatic carbocycles. The van der Waals surface area contributed by atoms with Gasteiger partial charge in [-0.25, -0.2) is 4.98 Å². The molecule has 25 heavy (non-hydrogen) atoms. The Morgan fingerprint density at radius 2 is 1.80 bits per heavy atom. The molecule has 0 bridgehead atoms. The summed E-state index contributed by atoms with van der Waals surface area (Å²) in [5.74, 6) is 0. The van der Waals surface area contributed by atoms with Gasteiger partial charge in [0.1, 0.15) is 12.3 Å². The van der Waals surface area contributed by atoms with Crippen LogP contribution in [-0.2, 0) is 27.1 Å². The second kappa shape index (κ2) is 6.32. The largest absolute Gasteiger partial charge is 0.435 e. The normalized spacial score (nSPS) is 12.6. The molecule has 132 valence electrons. The third kappa shape index (κ3) is 3.63. The molecule has 1 aromatic carbocycles. The standard InChI is InChI=1S/C15H10ClF3N2O3S/c16-10-6-7-13-20-14(15(17,18)19)12(21(13)8-10)9-24-25(22,23)11-4-2-1-3-5-11/h1-8H,9H2. The Bertz CT molecular complexity index is 1020. The summed E-state index contributed by atoms with van der Waals surface area (Å²) in [6.07, 6.45) is -3.55. The van der Waals surface area contributed by atoms with Crippen LogP contribution < -0.4 is 0 Å². The average Bonchev–Trinajstić information content (AvgIpc) is 2.92. The third-order valence-corrected chi connectivity index (χ3v) is 4.83. The number of rotatable bonds is 4. The average molecular weight is 391 g/mol. The number of alkyl halides is 3. The molecule has 5 nitrogen and oxygen atoms in total. The number of pyridine rings is 1. The van der Waals surface area contributed by atoms with Crippen molar-refractivity contribution in [2.75, 3.05) is 0 Å². The Hall–Kier alpha value is -2.10. The Morgan fingerprint density at radius 3 is 2.44 bits per heavy atom. The summed E-state index contributed by atoms with van der Waals surface area (Å²) in [5.41, 5.74) is -1.70. The van der Waals surface area contributed by atoms with Crippen LogP contribution in [0.15, 0.2) is 53.6 Å². The molecule has 0 amide bonds. The maximum Gasteiger partial charge on any atom is 0.435 e. The molecule has 3 aromatic rings. The first-order valence-electron chi connectivity index (χ1n) is 6.86. The van der Waals surface area contributed by atoms with Gasteiger partial charge < -0.3 is 0 Å². The Kier molecular flexibility index (Phi) is 4.48. The summed E-state index contributed by atoms with van der Waals surface area (Å²) in [6, 6.07) is 9.81. The number of fused-ring (bicyclic) bond motifs is 1. The van der Waals surface area contributed by atoms with Gasteiger partial charge in [0.25, 0.3) is 10.1 Å². The first-order valence-corrected chi connectivity index (χ1v) is 8.65. The molecule has 3 rings (SSSR count). The first-order chi connectivity index (χ1) is 11.7. The molecule has 0 aliphatic rings. The minimum atomic E-state index is -4.77. The van der Waals surface area contributed by atoms with Crippen molar-refractivity contribution < 1.29 is 25.8 Å². The molecule has 0 unspecified atom stereocenters. The van der Waals surface area contributed by atoms with Gasteiger partial charge in [0.15, 0.2) is 5.69 Å². The zero-order chi connectivity index (χ0) is 18.2. The highest BCUT2D eigenvalue weighted by Gasteiger charge is 2.38. The maximum atomic E-state index is 13.2. The second-order valence-corrected chi connectivity index (χ2v) is 7.06. The summed E-state index contributed by atoms with van der Waals surface area (Å²) < 4.78 is 69.8. The van der Waals surface area contributed by atoms with E-state index < -0.39 is 34.3 Å². The van der Waals surface area contributed by atoms with Crippen LogP contribution in [0.1, 0.15) is 11.4 Å². The van der Waals surface area contributed by atoms with Crippen LogP contribution in [0, 0.1) is 0 Å². The zero-order valence-electron chi connectivity index (χ0n) is 12.4. The highest BCUT2D eigenvalue weighted by molar-refractivity contribution is 7.86. The number of nitrogens with zero attached hydrogens (tertiary/aromatic N) is 2. The summed E-state index contributed by atoms with van der Waals surface area (Å²) >= 11 is 5.81. The monoisotopic (exact) mass is 390 g/mol. The van der Waals surface area contributed by atoms with E-state index in [0.29, 0.717) is 0 Å². The van der Waals surface area contributed by atoms with E-state index in [1.54, 1.807) is 6.07 Å². The molecule has 0 saturated carbocycles. The second-order valence-electron chi connectivity index (χ2n) is 5.01. The Morgan fingerprint density at radius 1 is 1.12 bits per heavy atom. The molecule has 0 spiro atoms. The van der Waals surface area contributed by atoms with Crippen molar-refractivity contribution in [3.8, 4) is 0 Å². The van der Waals surface area contributed by atoms with Crippen LogP contribution in [-0.4, -0.2) is 17.8 Å². The summed E-state index contributed by atoms with van der Waals surface area (Å²) in [6.45, 7) is -0.840. The molecule has 10 heteroatoms. The molecule has 0 saturated heterocycles. The van der Waals surface area contributed by atoms with Crippen LogP contribution in [0.2, 0.25) is 5.02 Å². The lowest BCUT2D eigenvalue weighted by Gasteiger charge is -2.09. The highest BCUT2D eigenvalue weighted by atomic mass is 35.5. The van der Waals surface area contributed by atoms with Gasteiger partial charge in [0, 0.05) is 6.20 Å². The molecular formula is C15H10ClF3N2O3S. The van der Waals surface area contributed by atoms with Crippen molar-refractivity contribution in [3.05, 3.63) is 65.1 Å². The maximum absolute atomic E-state index is 13.2. The lowest BCUT2D eigenvalue weighted by Crippen LogP contribution is -2.13. The molecule has 0 radical (unpaired) electrons. The fraction of sp³-hybridized carbons (Fsp3) is 0.133. The van der Waals surface area contributed by atoms with Gasteiger partial charge in [-0.2, -0.15) is 21.6 Å². The summed E-state index contributed by atoms with van der Waals surface area (Å²) in [5, 5.41) is 0.172. The molecule has 0 N–H and O–H groups in total. The minimum Gasteiger partial charge on any atom is -0.299 e. The van der Waals surface area contributed by atoms with Crippen LogP contribution in [0.3, 0.4) is 0 Å². The van der Waals surface area contributed by atoms with E-state index in [1.165, 1.54) is 42.6 Å². The van der Waals surface area contributed by atoms with Crippen molar-refractivity contribution >= 4 is 27.4 Å². The number of hydrogen-bond acceptors (Lipinski definition) is 4. The van der Waals surface area contributed by atoms with Gasteiger partial charge in [0.2, 0.25) is 0 Å². The SMILES string of the molecule is O=S(=O)(OCc1c(C(F)(F)F)nc2ccc(Cl)cn12)c1ccccc1. The number of hydrogen-bond donors (Lipinski definition) is 0. The smallest absolute Gasteiger partial charge is 0.299 e. The predicted molar refractivity (Wildman–Crippen MR) is 83.6 cm³/mol. The molecule has 2 aromatic heterocycles. The van der Waals surface area contributed by atoms with Crippen LogP contribution in [0.5, 0.6) is 0 Å². The van der Waals surface area contributed by atoms with Crippen molar-refractivity contribution in [2.45, 2.75) is 17.7 Å². The van der Waals surface area contributed by atoms with E-state index in [-0.39, 0.29) is 15.6 Å². The van der Waals surface area contributed by atoms with E-state index in [4.69, 9.17) is 15.8 Å². The molecular weight excluding hydrogens is 381 g/mol. The van der Waals surface area contributed by atoms with Gasteiger partial charge >= 0.3 is 6.18 Å². The van der Waals surface area contributed by atoms with Crippen molar-refractivity contribution in [3.63, 3.8) is 0 Å². The number of aromatic nitrogens is 2. The Labute approximate surface area is 145 Å². The van der Waals surface area contributed by atoms with Crippen LogP contribution in [0.25, 0.3) is 5.65 Å². The van der Waals surface area contributed by atoms with Gasteiger partial charge in [-0.15, -0.1) is 0 Å². The van der Waals surface area contributed by atoms with Gasteiger partial charge in [-0.1, -0.05) is 29.8 Å². The molecule has 0 atom stereocenters. The van der Waals surface area contributed by atoms with E-state index in [2.05, 4.69) is 4.98 Å². The van der Waals surface area contributed by atoms with Crippen LogP contribution >= 0.6 is 11.6 Å². The van der Waals surface area contributed by atoms with Crippen molar-refractivity contribution in [2.24, 2.45) is 0 Å². The van der Waals surface area contributed by atoms with E-state index in [0.717, 1.165) is 4.40 Å². The predicted octanol–water partition coefficient (Wildman–Crippen LogP) is 3.91. The zero-order valence-corrected chi connectivity index (χ0v) is 13.9. The quantitative estimate of drug-likeness (QED) is 0.634. The van der Waals surface area contributed by atoms with Crippen molar-refractivity contribution in [1.82, 2.24) is 9.38 Å². The Balaban J connectivity index is 2.02. The minimum absolute atomic E-state index is 0.0209. The summed E-state index contributed by atoms with van der Waals surface area (Å²) in [7, 11) is -4.22. The van der Waals surface area contributed by atoms with Crippen LogP contribution in [0.4, 0.5) is 13.2 Å². The highest BCUT2D eigenvalue weighted by Crippen LogP contribution is 2.33. The van der Waals surface area contributed by atoms with Crippen molar-refractivity contribution in [1.29, 1.82) is 0 Å². The lowest BCUT2D eigenvalue weighted by molar-refractivity contribution is -0.141. The first kappa shape index (κ1) is 17.7. The van der Waals surface area contributed by atoms with E-state index in [1.807, 2.05) is 0 Å². The lowest BCUT2D eigenvalue weighted by atomic mass is 10.3. The van der Waals surface area contributed by atoms with E-state index in [9.17, 15) is 21.6 Å². The topological polar surface area (TPSA) is 60.7 Å². The fourth-order valence-corrected chi connectivity index (χ4v) is 3.27. The van der Waals surface area contributed by atoms with Gasteiger partial charge in [-0.05, 0) is 24.3 Å². The molecule has 2 heterocycles.